The second-order valence-corrected chi connectivity index (χ2v) is 5.48. The van der Waals surface area contributed by atoms with Gasteiger partial charge in [0.15, 0.2) is 0 Å². The molecule has 19 heavy (non-hydrogen) atoms. The van der Waals surface area contributed by atoms with E-state index in [0.29, 0.717) is 5.92 Å². The number of nitrogens with one attached hydrogen (secondary N) is 1. The first-order valence-electron chi connectivity index (χ1n) is 6.84. The van der Waals surface area contributed by atoms with E-state index in [0.717, 1.165) is 42.9 Å². The van der Waals surface area contributed by atoms with Crippen molar-refractivity contribution in [3.8, 4) is 5.75 Å². The molecule has 3 nitrogen and oxygen atoms in total. The molecule has 1 aromatic carbocycles. The average Bonchev–Trinajstić information content (AvgIpc) is 2.43. The summed E-state index contributed by atoms with van der Waals surface area (Å²) in [4.78, 5) is 0. The summed E-state index contributed by atoms with van der Waals surface area (Å²) in [5.41, 5.74) is 0. The Morgan fingerprint density at radius 1 is 1.21 bits per heavy atom. The summed E-state index contributed by atoms with van der Waals surface area (Å²) >= 11 is 3.42. The Morgan fingerprint density at radius 2 is 1.95 bits per heavy atom. The van der Waals surface area contributed by atoms with Crippen molar-refractivity contribution in [3.63, 3.8) is 0 Å². The Hall–Kier alpha value is -0.580. The first-order chi connectivity index (χ1) is 9.26. The molecule has 1 rings (SSSR count). The van der Waals surface area contributed by atoms with Crippen molar-refractivity contribution in [3.05, 3.63) is 28.7 Å². The number of hydrogen-bond acceptors (Lipinski definition) is 3. The van der Waals surface area contributed by atoms with Gasteiger partial charge in [0.2, 0.25) is 0 Å². The molecule has 0 saturated heterocycles. The minimum atomic E-state index is 0.660. The lowest BCUT2D eigenvalue weighted by atomic mass is 10.0. The quantitative estimate of drug-likeness (QED) is 0.666. The van der Waals surface area contributed by atoms with Gasteiger partial charge in [0.25, 0.3) is 0 Å². The van der Waals surface area contributed by atoms with Crippen LogP contribution in [0.5, 0.6) is 5.75 Å². The Kier molecular flexibility index (Phi) is 8.88. The first-order valence-corrected chi connectivity index (χ1v) is 7.63. The average molecular weight is 330 g/mol. The summed E-state index contributed by atoms with van der Waals surface area (Å²) in [5, 5.41) is 3.41. The Bertz CT molecular complexity index is 329. The van der Waals surface area contributed by atoms with E-state index in [2.05, 4.69) is 28.2 Å². The van der Waals surface area contributed by atoms with Crippen molar-refractivity contribution in [2.75, 3.05) is 33.4 Å². The molecule has 1 atom stereocenters. The molecule has 0 amide bonds. The highest BCUT2D eigenvalue weighted by Crippen LogP contribution is 2.17. The number of ether oxygens (including phenoxy) is 2. The maximum Gasteiger partial charge on any atom is 0.119 e. The lowest BCUT2D eigenvalue weighted by Gasteiger charge is -2.16. The maximum atomic E-state index is 5.75. The molecule has 1 N–H and O–H groups in total. The fraction of sp³-hybridized carbons (Fsp3) is 0.600. The lowest BCUT2D eigenvalue weighted by Crippen LogP contribution is -2.26. The van der Waals surface area contributed by atoms with E-state index < -0.39 is 0 Å². The monoisotopic (exact) mass is 329 g/mol. The Labute approximate surface area is 124 Å². The van der Waals surface area contributed by atoms with Crippen molar-refractivity contribution >= 4 is 15.9 Å². The largest absolute Gasteiger partial charge is 0.494 e. The van der Waals surface area contributed by atoms with Crippen LogP contribution in [0, 0.1) is 5.92 Å². The molecule has 4 heteroatoms. The van der Waals surface area contributed by atoms with E-state index in [-0.39, 0.29) is 0 Å². The molecule has 0 aliphatic heterocycles. The van der Waals surface area contributed by atoms with Crippen molar-refractivity contribution in [2.24, 2.45) is 5.92 Å². The number of rotatable bonds is 10. The second kappa shape index (κ2) is 10.2. The van der Waals surface area contributed by atoms with Crippen LogP contribution in [0.25, 0.3) is 0 Å². The van der Waals surface area contributed by atoms with Crippen LogP contribution in [0.2, 0.25) is 0 Å². The van der Waals surface area contributed by atoms with Gasteiger partial charge in [0, 0.05) is 18.1 Å². The highest BCUT2D eigenvalue weighted by atomic mass is 79.9. The SMILES string of the molecule is CCC(CCOc1ccc(Br)cc1)CNCCOC. The number of hydrogen-bond donors (Lipinski definition) is 1. The summed E-state index contributed by atoms with van der Waals surface area (Å²) in [6, 6.07) is 7.97. The molecule has 1 unspecified atom stereocenters. The molecule has 0 bridgehead atoms. The van der Waals surface area contributed by atoms with Crippen molar-refractivity contribution in [2.45, 2.75) is 19.8 Å². The molecule has 1 aromatic rings. The molecule has 0 aromatic heterocycles. The van der Waals surface area contributed by atoms with Gasteiger partial charge >= 0.3 is 0 Å². The Balaban J connectivity index is 2.16. The summed E-state index contributed by atoms with van der Waals surface area (Å²) in [5.74, 6) is 1.60. The third-order valence-corrected chi connectivity index (χ3v) is 3.63. The standard InChI is InChI=1S/C15H24BrNO2/c1-3-13(12-17-9-11-18-2)8-10-19-15-6-4-14(16)5-7-15/h4-7,13,17H,3,8-12H2,1-2H3. The zero-order valence-corrected chi connectivity index (χ0v) is 13.4. The highest BCUT2D eigenvalue weighted by Gasteiger charge is 2.06. The minimum Gasteiger partial charge on any atom is -0.494 e. The van der Waals surface area contributed by atoms with Crippen molar-refractivity contribution < 1.29 is 9.47 Å². The molecule has 0 heterocycles. The van der Waals surface area contributed by atoms with Gasteiger partial charge in [-0.05, 0) is 43.1 Å². The highest BCUT2D eigenvalue weighted by molar-refractivity contribution is 9.10. The normalized spacial score (nSPS) is 12.4. The van der Waals surface area contributed by atoms with E-state index in [9.17, 15) is 0 Å². The molecular formula is C15H24BrNO2. The van der Waals surface area contributed by atoms with E-state index >= 15 is 0 Å². The summed E-state index contributed by atoms with van der Waals surface area (Å²) in [7, 11) is 1.73. The first kappa shape index (κ1) is 16.5. The number of benzene rings is 1. The maximum absolute atomic E-state index is 5.75. The van der Waals surface area contributed by atoms with Crippen LogP contribution >= 0.6 is 15.9 Å². The molecular weight excluding hydrogens is 306 g/mol. The zero-order valence-electron chi connectivity index (χ0n) is 11.8. The van der Waals surface area contributed by atoms with Crippen molar-refractivity contribution in [1.82, 2.24) is 5.32 Å². The van der Waals surface area contributed by atoms with Gasteiger partial charge in [-0.15, -0.1) is 0 Å². The van der Waals surface area contributed by atoms with Crippen LogP contribution in [0.3, 0.4) is 0 Å². The third kappa shape index (κ3) is 7.55. The molecule has 108 valence electrons. The molecule has 0 spiro atoms. The van der Waals surface area contributed by atoms with Gasteiger partial charge in [0.1, 0.15) is 5.75 Å². The van der Waals surface area contributed by atoms with Gasteiger partial charge in [-0.1, -0.05) is 29.3 Å². The smallest absolute Gasteiger partial charge is 0.119 e. The minimum absolute atomic E-state index is 0.660. The van der Waals surface area contributed by atoms with Gasteiger partial charge in [0.05, 0.1) is 13.2 Å². The van der Waals surface area contributed by atoms with E-state index in [1.165, 1.54) is 6.42 Å². The molecule has 0 aliphatic rings. The van der Waals surface area contributed by atoms with Gasteiger partial charge in [-0.2, -0.15) is 0 Å². The third-order valence-electron chi connectivity index (χ3n) is 3.10. The van der Waals surface area contributed by atoms with Crippen LogP contribution in [0.4, 0.5) is 0 Å². The second-order valence-electron chi connectivity index (χ2n) is 4.56. The molecule has 0 saturated carbocycles. The predicted molar refractivity (Wildman–Crippen MR) is 82.8 cm³/mol. The summed E-state index contributed by atoms with van der Waals surface area (Å²) in [6.07, 6.45) is 2.25. The van der Waals surface area contributed by atoms with Crippen LogP contribution in [-0.2, 0) is 4.74 Å². The molecule has 0 aliphatic carbocycles. The number of methoxy groups -OCH3 is 1. The summed E-state index contributed by atoms with van der Waals surface area (Å²) < 4.78 is 11.8. The molecule has 0 radical (unpaired) electrons. The van der Waals surface area contributed by atoms with Crippen LogP contribution in [0.1, 0.15) is 19.8 Å². The zero-order chi connectivity index (χ0) is 13.9. The van der Waals surface area contributed by atoms with E-state index in [4.69, 9.17) is 9.47 Å². The van der Waals surface area contributed by atoms with Gasteiger partial charge in [-0.25, -0.2) is 0 Å². The van der Waals surface area contributed by atoms with Crippen molar-refractivity contribution in [1.29, 1.82) is 0 Å². The summed E-state index contributed by atoms with van der Waals surface area (Å²) in [6.45, 7) is 5.71. The lowest BCUT2D eigenvalue weighted by molar-refractivity contribution is 0.196. The van der Waals surface area contributed by atoms with Gasteiger partial charge in [-0.3, -0.25) is 0 Å². The van der Waals surface area contributed by atoms with Crippen LogP contribution in [0.15, 0.2) is 28.7 Å². The topological polar surface area (TPSA) is 30.5 Å². The van der Waals surface area contributed by atoms with Gasteiger partial charge < -0.3 is 14.8 Å². The van der Waals surface area contributed by atoms with Crippen LogP contribution < -0.4 is 10.1 Å². The predicted octanol–water partition coefficient (Wildman–Crippen LogP) is 3.48. The van der Waals surface area contributed by atoms with E-state index in [1.807, 2.05) is 24.3 Å². The fourth-order valence-electron chi connectivity index (χ4n) is 1.81. The number of halogens is 1. The van der Waals surface area contributed by atoms with Crippen LogP contribution in [-0.4, -0.2) is 33.4 Å². The Morgan fingerprint density at radius 3 is 2.58 bits per heavy atom. The molecule has 0 fully saturated rings. The fourth-order valence-corrected chi connectivity index (χ4v) is 2.07. The van der Waals surface area contributed by atoms with E-state index in [1.54, 1.807) is 7.11 Å².